The van der Waals surface area contributed by atoms with Crippen molar-refractivity contribution < 1.29 is 19.1 Å². The number of esters is 1. The average Bonchev–Trinajstić information content (AvgIpc) is 2.68. The zero-order valence-electron chi connectivity index (χ0n) is 17.3. The molecule has 29 heavy (non-hydrogen) atoms. The van der Waals surface area contributed by atoms with E-state index < -0.39 is 5.97 Å². The van der Waals surface area contributed by atoms with Crippen LogP contribution in [0.2, 0.25) is 0 Å². The number of ether oxygens (including phenoxy) is 1. The fraction of sp³-hybridized carbons (Fsp3) is 0.609. The number of aryl methyl sites for hydroxylation is 1. The van der Waals surface area contributed by atoms with Crippen LogP contribution >= 0.6 is 0 Å². The number of anilines is 1. The van der Waals surface area contributed by atoms with Crippen molar-refractivity contribution in [1.29, 1.82) is 0 Å². The van der Waals surface area contributed by atoms with Gasteiger partial charge in [-0.1, -0.05) is 6.07 Å². The predicted molar refractivity (Wildman–Crippen MR) is 109 cm³/mol. The average molecular weight is 399 g/mol. The van der Waals surface area contributed by atoms with Gasteiger partial charge in [-0.2, -0.15) is 0 Å². The smallest absolute Gasteiger partial charge is 0.337 e. The van der Waals surface area contributed by atoms with E-state index in [1.54, 1.807) is 18.2 Å². The normalized spacial score (nSPS) is 29.4. The molecule has 0 atom stereocenters. The van der Waals surface area contributed by atoms with Gasteiger partial charge in [0, 0.05) is 24.1 Å². The number of carbonyl (C=O) groups excluding carboxylic acids is 3. The molecule has 2 amide bonds. The van der Waals surface area contributed by atoms with Gasteiger partial charge in [0.15, 0.2) is 0 Å². The Bertz CT molecular complexity index is 797. The van der Waals surface area contributed by atoms with Crippen molar-refractivity contribution in [3.63, 3.8) is 0 Å². The lowest BCUT2D eigenvalue weighted by Crippen LogP contribution is -2.53. The van der Waals surface area contributed by atoms with Gasteiger partial charge in [-0.3, -0.25) is 9.59 Å². The van der Waals surface area contributed by atoms with E-state index in [0.29, 0.717) is 17.8 Å². The maximum atomic E-state index is 12.9. The molecule has 0 heterocycles. The predicted octanol–water partition coefficient (Wildman–Crippen LogP) is 3.44. The highest BCUT2D eigenvalue weighted by molar-refractivity contribution is 5.95. The van der Waals surface area contributed by atoms with Crippen LogP contribution in [0.1, 0.15) is 60.9 Å². The lowest BCUT2D eigenvalue weighted by molar-refractivity contribution is -0.146. The van der Waals surface area contributed by atoms with Crippen LogP contribution in [0.5, 0.6) is 0 Å². The Morgan fingerprint density at radius 2 is 1.69 bits per heavy atom. The summed E-state index contributed by atoms with van der Waals surface area (Å²) in [5, 5.41) is 5.88. The van der Waals surface area contributed by atoms with Crippen molar-refractivity contribution in [1.82, 2.24) is 5.32 Å². The van der Waals surface area contributed by atoms with Crippen LogP contribution in [0, 0.1) is 30.1 Å². The first kappa shape index (κ1) is 19.9. The second-order valence-corrected chi connectivity index (χ2v) is 9.27. The van der Waals surface area contributed by atoms with E-state index in [2.05, 4.69) is 10.6 Å². The Morgan fingerprint density at radius 1 is 1.07 bits per heavy atom. The van der Waals surface area contributed by atoms with E-state index in [1.807, 2.05) is 6.92 Å². The second kappa shape index (κ2) is 7.81. The summed E-state index contributed by atoms with van der Waals surface area (Å²) in [6.07, 6.45) is 7.19. The van der Waals surface area contributed by atoms with Crippen LogP contribution in [0.3, 0.4) is 0 Å². The Hall–Kier alpha value is -2.37. The topological polar surface area (TPSA) is 84.5 Å². The fourth-order valence-corrected chi connectivity index (χ4v) is 6.08. The molecule has 4 bridgehead atoms. The molecule has 6 nitrogen and oxygen atoms in total. The zero-order chi connectivity index (χ0) is 20.6. The van der Waals surface area contributed by atoms with Crippen LogP contribution in [-0.4, -0.2) is 31.4 Å². The number of carbonyl (C=O) groups is 3. The van der Waals surface area contributed by atoms with Crippen molar-refractivity contribution in [3.8, 4) is 0 Å². The molecule has 4 aliphatic rings. The summed E-state index contributed by atoms with van der Waals surface area (Å²) >= 11 is 0. The lowest BCUT2D eigenvalue weighted by atomic mass is 9.49. The van der Waals surface area contributed by atoms with Gasteiger partial charge in [0.1, 0.15) is 0 Å². The Balaban J connectivity index is 1.29. The number of methoxy groups -OCH3 is 1. The summed E-state index contributed by atoms with van der Waals surface area (Å²) in [6.45, 7) is 2.20. The van der Waals surface area contributed by atoms with Crippen molar-refractivity contribution in [2.45, 2.75) is 51.9 Å². The van der Waals surface area contributed by atoms with E-state index in [1.165, 1.54) is 26.4 Å². The Kier molecular flexibility index (Phi) is 5.36. The summed E-state index contributed by atoms with van der Waals surface area (Å²) in [6, 6.07) is 5.06. The fourth-order valence-electron chi connectivity index (χ4n) is 6.08. The molecule has 2 N–H and O–H groups in total. The Morgan fingerprint density at radius 3 is 2.28 bits per heavy atom. The molecule has 0 unspecified atom stereocenters. The van der Waals surface area contributed by atoms with Crippen molar-refractivity contribution in [2.24, 2.45) is 23.2 Å². The SMILES string of the molecule is COC(=O)c1ccc(C)c(NC(=O)CCNC(=O)C23CC4CC(CC(C4)C2)C3)c1. The maximum Gasteiger partial charge on any atom is 0.337 e. The number of nitrogens with one attached hydrogen (secondary N) is 2. The van der Waals surface area contributed by atoms with E-state index in [9.17, 15) is 14.4 Å². The summed E-state index contributed by atoms with van der Waals surface area (Å²) in [5.74, 6) is 1.69. The van der Waals surface area contributed by atoms with Crippen LogP contribution < -0.4 is 10.6 Å². The van der Waals surface area contributed by atoms with Crippen molar-refractivity contribution in [2.75, 3.05) is 19.0 Å². The summed E-state index contributed by atoms with van der Waals surface area (Å²) in [4.78, 5) is 37.0. The number of benzene rings is 1. The molecule has 6 heteroatoms. The van der Waals surface area contributed by atoms with Gasteiger partial charge in [0.05, 0.1) is 12.7 Å². The Labute approximate surface area is 171 Å². The minimum atomic E-state index is -0.441. The third-order valence-electron chi connectivity index (χ3n) is 7.09. The molecule has 0 saturated heterocycles. The largest absolute Gasteiger partial charge is 0.465 e. The molecule has 0 aromatic heterocycles. The molecule has 4 saturated carbocycles. The molecule has 1 aromatic carbocycles. The van der Waals surface area contributed by atoms with Crippen LogP contribution in [-0.2, 0) is 14.3 Å². The van der Waals surface area contributed by atoms with Crippen molar-refractivity contribution >= 4 is 23.5 Å². The lowest BCUT2D eigenvalue weighted by Gasteiger charge is -2.55. The first-order valence-electron chi connectivity index (χ1n) is 10.7. The highest BCUT2D eigenvalue weighted by Crippen LogP contribution is 2.60. The number of hydrogen-bond donors (Lipinski definition) is 2. The van der Waals surface area contributed by atoms with Crippen LogP contribution in [0.4, 0.5) is 5.69 Å². The second-order valence-electron chi connectivity index (χ2n) is 9.27. The molecule has 156 valence electrons. The third-order valence-corrected chi connectivity index (χ3v) is 7.09. The molecule has 0 radical (unpaired) electrons. The van der Waals surface area contributed by atoms with Gasteiger partial charge < -0.3 is 15.4 Å². The molecule has 4 aliphatic carbocycles. The molecule has 4 fully saturated rings. The molecule has 0 spiro atoms. The zero-order valence-corrected chi connectivity index (χ0v) is 17.3. The van der Waals surface area contributed by atoms with Gasteiger partial charge in [-0.25, -0.2) is 4.79 Å². The number of amides is 2. The third kappa shape index (κ3) is 4.02. The molecule has 0 aliphatic heterocycles. The highest BCUT2D eigenvalue weighted by atomic mass is 16.5. The molecule has 1 aromatic rings. The van der Waals surface area contributed by atoms with Gasteiger partial charge in [0.2, 0.25) is 11.8 Å². The number of hydrogen-bond acceptors (Lipinski definition) is 4. The molecular formula is C23H30N2O4. The first-order chi connectivity index (χ1) is 13.9. The van der Waals surface area contributed by atoms with E-state index in [4.69, 9.17) is 4.74 Å². The summed E-state index contributed by atoms with van der Waals surface area (Å²) in [5.41, 5.74) is 1.66. The number of rotatable bonds is 6. The monoisotopic (exact) mass is 398 g/mol. The van der Waals surface area contributed by atoms with Gasteiger partial charge in [-0.15, -0.1) is 0 Å². The maximum absolute atomic E-state index is 12.9. The quantitative estimate of drug-likeness (QED) is 0.719. The molecule has 5 rings (SSSR count). The minimum Gasteiger partial charge on any atom is -0.465 e. The molecular weight excluding hydrogens is 368 g/mol. The van der Waals surface area contributed by atoms with Gasteiger partial charge in [0.25, 0.3) is 0 Å². The van der Waals surface area contributed by atoms with Crippen molar-refractivity contribution in [3.05, 3.63) is 29.3 Å². The van der Waals surface area contributed by atoms with Crippen LogP contribution in [0.15, 0.2) is 18.2 Å². The van der Waals surface area contributed by atoms with Gasteiger partial charge in [-0.05, 0) is 80.9 Å². The standard InChI is InChI=1S/C23H30N2O4/c1-14-3-4-18(21(27)29-2)10-19(14)25-20(26)5-6-24-22(28)23-11-15-7-16(12-23)9-17(8-15)13-23/h3-4,10,15-17H,5-9,11-13H2,1-2H3,(H,24,28)(H,25,26). The van der Waals surface area contributed by atoms with Crippen LogP contribution in [0.25, 0.3) is 0 Å². The highest BCUT2D eigenvalue weighted by Gasteiger charge is 2.54. The van der Waals surface area contributed by atoms with Gasteiger partial charge >= 0.3 is 5.97 Å². The van der Waals surface area contributed by atoms with E-state index in [0.717, 1.165) is 42.6 Å². The summed E-state index contributed by atoms with van der Waals surface area (Å²) in [7, 11) is 1.33. The van der Waals surface area contributed by atoms with E-state index >= 15 is 0 Å². The minimum absolute atomic E-state index is 0.147. The first-order valence-corrected chi connectivity index (χ1v) is 10.7. The van der Waals surface area contributed by atoms with E-state index in [-0.39, 0.29) is 23.7 Å². The summed E-state index contributed by atoms with van der Waals surface area (Å²) < 4.78 is 4.73.